The Balaban J connectivity index is 4.20. The van der Waals surface area contributed by atoms with Crippen LogP contribution in [-0.2, 0) is 20.3 Å². The van der Waals surface area contributed by atoms with E-state index in [1.807, 2.05) is 20.8 Å². The summed E-state index contributed by atoms with van der Waals surface area (Å²) >= 11 is 0. The highest BCUT2D eigenvalue weighted by atomic mass is 32.2. The molecule has 0 saturated heterocycles. The molecule has 0 amide bonds. The first-order chi connectivity index (χ1) is 7.97. The first-order valence-corrected chi connectivity index (χ1v) is 7.59. The van der Waals surface area contributed by atoms with E-state index in [2.05, 4.69) is 5.32 Å². The lowest BCUT2D eigenvalue weighted by Crippen LogP contribution is -2.51. The van der Waals surface area contributed by atoms with Crippen molar-refractivity contribution in [2.75, 3.05) is 38.9 Å². The number of methoxy groups -OCH3 is 2. The summed E-state index contributed by atoms with van der Waals surface area (Å²) in [7, 11) is 2.53. The molecule has 0 aromatic carbocycles. The van der Waals surface area contributed by atoms with Crippen molar-refractivity contribution >= 4 is 10.8 Å². The summed E-state index contributed by atoms with van der Waals surface area (Å²) in [5, 5.41) is 3.35. The molecule has 0 rings (SSSR count). The van der Waals surface area contributed by atoms with Crippen LogP contribution in [0.2, 0.25) is 0 Å². The number of hydrogen-bond acceptors (Lipinski definition) is 4. The van der Waals surface area contributed by atoms with E-state index >= 15 is 0 Å². The van der Waals surface area contributed by atoms with Crippen molar-refractivity contribution in [3.63, 3.8) is 0 Å². The van der Waals surface area contributed by atoms with Gasteiger partial charge in [0, 0.05) is 49.2 Å². The van der Waals surface area contributed by atoms with E-state index in [9.17, 15) is 4.21 Å². The minimum Gasteiger partial charge on any atom is -0.385 e. The molecule has 4 nitrogen and oxygen atoms in total. The molecule has 0 heterocycles. The molecule has 2 unspecified atom stereocenters. The van der Waals surface area contributed by atoms with Crippen LogP contribution >= 0.6 is 0 Å². The zero-order valence-corrected chi connectivity index (χ0v) is 12.6. The molecule has 5 heteroatoms. The molecule has 0 fully saturated rings. The third kappa shape index (κ3) is 7.13. The zero-order valence-electron chi connectivity index (χ0n) is 11.7. The molecule has 17 heavy (non-hydrogen) atoms. The van der Waals surface area contributed by atoms with Crippen LogP contribution < -0.4 is 5.32 Å². The number of rotatable bonds is 10. The molecule has 0 saturated carbocycles. The van der Waals surface area contributed by atoms with Crippen LogP contribution in [0.25, 0.3) is 0 Å². The summed E-state index contributed by atoms with van der Waals surface area (Å²) in [6.45, 7) is 7.62. The second kappa shape index (κ2) is 9.03. The molecule has 0 aliphatic rings. The van der Waals surface area contributed by atoms with Gasteiger partial charge in [-0.05, 0) is 26.8 Å². The quantitative estimate of drug-likeness (QED) is 0.603. The van der Waals surface area contributed by atoms with Gasteiger partial charge in [-0.25, -0.2) is 0 Å². The molecule has 0 spiro atoms. The maximum absolute atomic E-state index is 11.9. The summed E-state index contributed by atoms with van der Waals surface area (Å²) < 4.78 is 22.3. The molecule has 0 radical (unpaired) electrons. The Bertz CT molecular complexity index is 222. The van der Waals surface area contributed by atoms with Gasteiger partial charge < -0.3 is 14.8 Å². The standard InChI is InChI=1S/C12H27NO3S/c1-6-13-11(12(2,3)16-5)10-17(14)9-7-8-15-4/h11,13H,6-10H2,1-5H3. The van der Waals surface area contributed by atoms with Crippen LogP contribution in [0.3, 0.4) is 0 Å². The summed E-state index contributed by atoms with van der Waals surface area (Å²) in [5.74, 6) is 1.31. The third-order valence-electron chi connectivity index (χ3n) is 2.89. The molecule has 0 aliphatic heterocycles. The van der Waals surface area contributed by atoms with E-state index < -0.39 is 10.8 Å². The summed E-state index contributed by atoms with van der Waals surface area (Å²) in [6, 6.07) is 0.112. The van der Waals surface area contributed by atoms with Gasteiger partial charge in [0.2, 0.25) is 0 Å². The van der Waals surface area contributed by atoms with Gasteiger partial charge in [-0.2, -0.15) is 0 Å². The molecule has 1 N–H and O–H groups in total. The maximum Gasteiger partial charge on any atom is 0.0784 e. The number of hydrogen-bond donors (Lipinski definition) is 1. The van der Waals surface area contributed by atoms with E-state index in [1.54, 1.807) is 14.2 Å². The average molecular weight is 265 g/mol. The van der Waals surface area contributed by atoms with Gasteiger partial charge in [0.15, 0.2) is 0 Å². The Hall–Kier alpha value is 0.0300. The highest BCUT2D eigenvalue weighted by Gasteiger charge is 2.29. The Labute approximate surface area is 108 Å². The van der Waals surface area contributed by atoms with Crippen molar-refractivity contribution in [3.05, 3.63) is 0 Å². The topological polar surface area (TPSA) is 47.6 Å². The average Bonchev–Trinajstić information content (AvgIpc) is 2.29. The fourth-order valence-electron chi connectivity index (χ4n) is 1.53. The Morgan fingerprint density at radius 2 is 2.00 bits per heavy atom. The lowest BCUT2D eigenvalue weighted by atomic mass is 10.0. The van der Waals surface area contributed by atoms with Crippen LogP contribution in [0.1, 0.15) is 27.2 Å². The van der Waals surface area contributed by atoms with Crippen molar-refractivity contribution in [3.8, 4) is 0 Å². The lowest BCUT2D eigenvalue weighted by Gasteiger charge is -2.33. The highest BCUT2D eigenvalue weighted by molar-refractivity contribution is 7.85. The normalized spacial score (nSPS) is 15.8. The lowest BCUT2D eigenvalue weighted by molar-refractivity contribution is -0.00333. The zero-order chi connectivity index (χ0) is 13.3. The van der Waals surface area contributed by atoms with E-state index in [1.165, 1.54) is 0 Å². The first kappa shape index (κ1) is 17.0. The predicted octanol–water partition coefficient (Wildman–Crippen LogP) is 1.17. The van der Waals surface area contributed by atoms with Crippen LogP contribution in [0, 0.1) is 0 Å². The smallest absolute Gasteiger partial charge is 0.0784 e. The van der Waals surface area contributed by atoms with Crippen molar-refractivity contribution in [1.82, 2.24) is 5.32 Å². The van der Waals surface area contributed by atoms with E-state index in [-0.39, 0.29) is 11.6 Å². The van der Waals surface area contributed by atoms with Gasteiger partial charge in [0.1, 0.15) is 0 Å². The second-order valence-electron chi connectivity index (χ2n) is 4.57. The summed E-state index contributed by atoms with van der Waals surface area (Å²) in [4.78, 5) is 0. The second-order valence-corrected chi connectivity index (χ2v) is 6.20. The number of nitrogens with one attached hydrogen (secondary N) is 1. The van der Waals surface area contributed by atoms with Crippen molar-refractivity contribution < 1.29 is 13.7 Å². The Kier molecular flexibility index (Phi) is 9.04. The van der Waals surface area contributed by atoms with Gasteiger partial charge in [-0.1, -0.05) is 6.92 Å². The molecule has 0 aromatic heterocycles. The first-order valence-electron chi connectivity index (χ1n) is 6.10. The van der Waals surface area contributed by atoms with Crippen LogP contribution in [0.15, 0.2) is 0 Å². The summed E-state index contributed by atoms with van der Waals surface area (Å²) in [6.07, 6.45) is 0.843. The van der Waals surface area contributed by atoms with Crippen molar-refractivity contribution in [1.29, 1.82) is 0 Å². The van der Waals surface area contributed by atoms with Crippen LogP contribution in [0.4, 0.5) is 0 Å². The molecular formula is C12H27NO3S. The molecule has 0 aliphatic carbocycles. The summed E-state index contributed by atoms with van der Waals surface area (Å²) in [5.41, 5.74) is -0.299. The minimum atomic E-state index is -0.824. The van der Waals surface area contributed by atoms with E-state index in [0.29, 0.717) is 18.1 Å². The Morgan fingerprint density at radius 1 is 1.35 bits per heavy atom. The molecular weight excluding hydrogens is 238 g/mol. The number of ether oxygens (including phenoxy) is 2. The van der Waals surface area contributed by atoms with Gasteiger partial charge in [-0.3, -0.25) is 4.21 Å². The monoisotopic (exact) mass is 265 g/mol. The number of likely N-dealkylation sites (N-methyl/N-ethyl adjacent to an activating group) is 1. The molecule has 104 valence electrons. The van der Waals surface area contributed by atoms with Crippen molar-refractivity contribution in [2.45, 2.75) is 38.8 Å². The fraction of sp³-hybridized carbons (Fsp3) is 1.00. The maximum atomic E-state index is 11.9. The van der Waals surface area contributed by atoms with Gasteiger partial charge in [0.25, 0.3) is 0 Å². The largest absolute Gasteiger partial charge is 0.385 e. The highest BCUT2D eigenvalue weighted by Crippen LogP contribution is 2.15. The van der Waals surface area contributed by atoms with Crippen LogP contribution in [0.5, 0.6) is 0 Å². The van der Waals surface area contributed by atoms with E-state index in [0.717, 1.165) is 13.0 Å². The van der Waals surface area contributed by atoms with Crippen LogP contribution in [-0.4, -0.2) is 54.7 Å². The minimum absolute atomic E-state index is 0.112. The molecule has 2 atom stereocenters. The predicted molar refractivity (Wildman–Crippen MR) is 72.9 cm³/mol. The van der Waals surface area contributed by atoms with Crippen molar-refractivity contribution in [2.24, 2.45) is 0 Å². The fourth-order valence-corrected chi connectivity index (χ4v) is 3.03. The van der Waals surface area contributed by atoms with Gasteiger partial charge in [-0.15, -0.1) is 0 Å². The Morgan fingerprint density at radius 3 is 2.47 bits per heavy atom. The van der Waals surface area contributed by atoms with Gasteiger partial charge >= 0.3 is 0 Å². The van der Waals surface area contributed by atoms with Gasteiger partial charge in [0.05, 0.1) is 5.60 Å². The molecule has 0 bridgehead atoms. The van der Waals surface area contributed by atoms with E-state index in [4.69, 9.17) is 9.47 Å². The molecule has 0 aromatic rings. The third-order valence-corrected chi connectivity index (χ3v) is 4.34. The SMILES string of the molecule is CCNC(CS(=O)CCCOC)C(C)(C)OC.